The second-order valence-electron chi connectivity index (χ2n) is 5.79. The fourth-order valence-electron chi connectivity index (χ4n) is 2.66. The highest BCUT2D eigenvalue weighted by Gasteiger charge is 2.17. The van der Waals surface area contributed by atoms with E-state index in [1.807, 2.05) is 11.0 Å². The van der Waals surface area contributed by atoms with Crippen molar-refractivity contribution in [3.63, 3.8) is 0 Å². The third kappa shape index (κ3) is 5.49. The van der Waals surface area contributed by atoms with Gasteiger partial charge in [-0.25, -0.2) is 4.39 Å². The smallest absolute Gasteiger partial charge is 0.219 e. The van der Waals surface area contributed by atoms with Crippen molar-refractivity contribution in [1.29, 1.82) is 0 Å². The molecule has 2 N–H and O–H groups in total. The maximum Gasteiger partial charge on any atom is 0.219 e. The first-order valence-electron chi connectivity index (χ1n) is 8.26. The molecule has 0 spiro atoms. The number of amides is 1. The van der Waals surface area contributed by atoms with Gasteiger partial charge < -0.3 is 15.5 Å². The molecule has 0 atom stereocenters. The molecule has 0 bridgehead atoms. The van der Waals surface area contributed by atoms with E-state index in [1.54, 1.807) is 26.1 Å². The molecule has 0 aliphatic carbocycles. The summed E-state index contributed by atoms with van der Waals surface area (Å²) in [6, 6.07) is 6.70. The van der Waals surface area contributed by atoms with E-state index in [0.717, 1.165) is 39.3 Å². The Morgan fingerprint density at radius 1 is 1.21 bits per heavy atom. The molecule has 0 radical (unpaired) electrons. The molecule has 1 heterocycles. The van der Waals surface area contributed by atoms with Gasteiger partial charge in [0.2, 0.25) is 5.91 Å². The highest BCUT2D eigenvalue weighted by Crippen LogP contribution is 2.05. The van der Waals surface area contributed by atoms with Crippen molar-refractivity contribution in [2.45, 2.75) is 13.5 Å². The van der Waals surface area contributed by atoms with Gasteiger partial charge in [0.1, 0.15) is 5.82 Å². The van der Waals surface area contributed by atoms with E-state index in [-0.39, 0.29) is 11.7 Å². The molecule has 2 rings (SSSR count). The van der Waals surface area contributed by atoms with Gasteiger partial charge in [-0.05, 0) is 6.07 Å². The number of hydrogen-bond donors (Lipinski definition) is 2. The van der Waals surface area contributed by atoms with Crippen molar-refractivity contribution in [2.24, 2.45) is 4.99 Å². The van der Waals surface area contributed by atoms with E-state index in [1.165, 1.54) is 6.07 Å². The largest absolute Gasteiger partial charge is 0.355 e. The first-order valence-corrected chi connectivity index (χ1v) is 8.26. The van der Waals surface area contributed by atoms with Gasteiger partial charge in [-0.1, -0.05) is 18.2 Å². The maximum absolute atomic E-state index is 13.6. The Morgan fingerprint density at radius 2 is 1.92 bits per heavy atom. The highest BCUT2D eigenvalue weighted by molar-refractivity contribution is 5.79. The molecule has 7 heteroatoms. The van der Waals surface area contributed by atoms with Gasteiger partial charge in [-0.2, -0.15) is 0 Å². The van der Waals surface area contributed by atoms with Crippen molar-refractivity contribution in [1.82, 2.24) is 20.4 Å². The van der Waals surface area contributed by atoms with Crippen LogP contribution in [0.25, 0.3) is 0 Å². The molecule has 24 heavy (non-hydrogen) atoms. The third-order valence-corrected chi connectivity index (χ3v) is 4.17. The van der Waals surface area contributed by atoms with Crippen LogP contribution in [0.3, 0.4) is 0 Å². The lowest BCUT2D eigenvalue weighted by Crippen LogP contribution is -2.50. The lowest BCUT2D eigenvalue weighted by molar-refractivity contribution is -0.130. The van der Waals surface area contributed by atoms with Crippen molar-refractivity contribution in [3.8, 4) is 0 Å². The number of aliphatic imine (C=N–C) groups is 1. The van der Waals surface area contributed by atoms with E-state index >= 15 is 0 Å². The van der Waals surface area contributed by atoms with Crippen LogP contribution < -0.4 is 10.6 Å². The first kappa shape index (κ1) is 18.2. The van der Waals surface area contributed by atoms with Gasteiger partial charge in [0.05, 0.1) is 0 Å². The monoisotopic (exact) mass is 335 g/mol. The molecule has 0 unspecified atom stereocenters. The van der Waals surface area contributed by atoms with Crippen LogP contribution >= 0.6 is 0 Å². The molecule has 1 amide bonds. The van der Waals surface area contributed by atoms with Gasteiger partial charge >= 0.3 is 0 Å². The molecule has 0 aromatic heterocycles. The predicted octanol–water partition coefficient (Wildman–Crippen LogP) is 0.655. The number of rotatable bonds is 5. The van der Waals surface area contributed by atoms with Gasteiger partial charge in [-0.3, -0.25) is 14.7 Å². The Morgan fingerprint density at radius 3 is 2.54 bits per heavy atom. The van der Waals surface area contributed by atoms with Crippen LogP contribution in [0.1, 0.15) is 12.5 Å². The van der Waals surface area contributed by atoms with E-state index < -0.39 is 0 Å². The Kier molecular flexibility index (Phi) is 6.99. The molecule has 0 saturated carbocycles. The van der Waals surface area contributed by atoms with Crippen LogP contribution in [0.5, 0.6) is 0 Å². The van der Waals surface area contributed by atoms with Crippen LogP contribution in [0.15, 0.2) is 29.3 Å². The Labute approximate surface area is 142 Å². The molecule has 1 aromatic carbocycles. The predicted molar refractivity (Wildman–Crippen MR) is 93.3 cm³/mol. The Hall–Kier alpha value is -2.15. The summed E-state index contributed by atoms with van der Waals surface area (Å²) in [7, 11) is 1.70. The maximum atomic E-state index is 13.6. The highest BCUT2D eigenvalue weighted by atomic mass is 19.1. The number of guanidine groups is 1. The molecular formula is C17H26FN5O. The molecule has 132 valence electrons. The standard InChI is InChI=1S/C17H26FN5O/c1-14(24)23-11-9-22(10-12-23)8-7-20-17(19-2)21-13-15-5-3-4-6-16(15)18/h3-6H,7-13H2,1-2H3,(H2,19,20,21). The molecule has 1 aromatic rings. The lowest BCUT2D eigenvalue weighted by Gasteiger charge is -2.34. The Bertz CT molecular complexity index is 570. The molecular weight excluding hydrogens is 309 g/mol. The fraction of sp³-hybridized carbons (Fsp3) is 0.529. The Balaban J connectivity index is 1.67. The third-order valence-electron chi connectivity index (χ3n) is 4.17. The van der Waals surface area contributed by atoms with Crippen LogP contribution in [-0.2, 0) is 11.3 Å². The van der Waals surface area contributed by atoms with Gasteiger partial charge in [-0.15, -0.1) is 0 Å². The number of piperazine rings is 1. The van der Waals surface area contributed by atoms with Gasteiger partial charge in [0, 0.05) is 65.3 Å². The lowest BCUT2D eigenvalue weighted by atomic mass is 10.2. The minimum atomic E-state index is -0.219. The van der Waals surface area contributed by atoms with Crippen LogP contribution in [0.2, 0.25) is 0 Å². The van der Waals surface area contributed by atoms with Crippen LogP contribution in [0.4, 0.5) is 4.39 Å². The molecule has 1 aliphatic rings. The second-order valence-corrected chi connectivity index (χ2v) is 5.79. The van der Waals surface area contributed by atoms with E-state index in [4.69, 9.17) is 0 Å². The fourth-order valence-corrected chi connectivity index (χ4v) is 2.66. The molecule has 1 fully saturated rings. The number of carbonyl (C=O) groups is 1. The first-order chi connectivity index (χ1) is 11.6. The second kappa shape index (κ2) is 9.22. The summed E-state index contributed by atoms with van der Waals surface area (Å²) in [5.74, 6) is 0.579. The number of nitrogens with zero attached hydrogens (tertiary/aromatic N) is 3. The summed E-state index contributed by atoms with van der Waals surface area (Å²) in [4.78, 5) is 19.6. The number of benzene rings is 1. The minimum absolute atomic E-state index is 0.144. The van der Waals surface area contributed by atoms with E-state index in [2.05, 4.69) is 20.5 Å². The van der Waals surface area contributed by atoms with Crippen LogP contribution in [0, 0.1) is 5.82 Å². The summed E-state index contributed by atoms with van der Waals surface area (Å²) in [5, 5.41) is 6.35. The van der Waals surface area contributed by atoms with Crippen molar-refractivity contribution < 1.29 is 9.18 Å². The molecule has 1 aliphatic heterocycles. The van der Waals surface area contributed by atoms with Crippen LogP contribution in [-0.4, -0.2) is 68.0 Å². The summed E-state index contributed by atoms with van der Waals surface area (Å²) < 4.78 is 13.6. The van der Waals surface area contributed by atoms with Crippen molar-refractivity contribution in [2.75, 3.05) is 46.3 Å². The summed E-state index contributed by atoms with van der Waals surface area (Å²) in [6.45, 7) is 6.99. The average molecular weight is 335 g/mol. The van der Waals surface area contributed by atoms with Gasteiger partial charge in [0.25, 0.3) is 0 Å². The number of carbonyl (C=O) groups excluding carboxylic acids is 1. The minimum Gasteiger partial charge on any atom is -0.355 e. The summed E-state index contributed by atoms with van der Waals surface area (Å²) in [6.07, 6.45) is 0. The zero-order valence-corrected chi connectivity index (χ0v) is 14.4. The topological polar surface area (TPSA) is 60.0 Å². The quantitative estimate of drug-likeness (QED) is 0.613. The zero-order chi connectivity index (χ0) is 17.4. The van der Waals surface area contributed by atoms with Crippen molar-refractivity contribution >= 4 is 11.9 Å². The van der Waals surface area contributed by atoms with E-state index in [0.29, 0.717) is 18.1 Å². The average Bonchev–Trinajstić information content (AvgIpc) is 2.59. The van der Waals surface area contributed by atoms with E-state index in [9.17, 15) is 9.18 Å². The number of nitrogens with one attached hydrogen (secondary N) is 2. The summed E-state index contributed by atoms with van der Waals surface area (Å²) in [5.41, 5.74) is 0.612. The SMILES string of the molecule is CN=C(NCCN1CCN(C(C)=O)CC1)NCc1ccccc1F. The number of hydrogen-bond acceptors (Lipinski definition) is 3. The normalized spacial score (nSPS) is 16.1. The van der Waals surface area contributed by atoms with Crippen molar-refractivity contribution in [3.05, 3.63) is 35.6 Å². The number of halogens is 1. The molecule has 6 nitrogen and oxygen atoms in total. The van der Waals surface area contributed by atoms with Gasteiger partial charge in [0.15, 0.2) is 5.96 Å². The summed E-state index contributed by atoms with van der Waals surface area (Å²) >= 11 is 0. The zero-order valence-electron chi connectivity index (χ0n) is 14.4. The molecule has 1 saturated heterocycles.